The normalized spacial score (nSPS) is 15.1. The fourth-order valence-electron chi connectivity index (χ4n) is 3.73. The van der Waals surface area contributed by atoms with Crippen LogP contribution in [0.15, 0.2) is 28.7 Å². The van der Waals surface area contributed by atoms with Gasteiger partial charge in [-0.25, -0.2) is 0 Å². The van der Waals surface area contributed by atoms with Gasteiger partial charge in [-0.1, -0.05) is 23.7 Å². The maximum Gasteiger partial charge on any atom is 0.246 e. The molecular formula is C21H24ClN7O2. The van der Waals surface area contributed by atoms with E-state index in [-0.39, 0.29) is 5.91 Å². The number of tetrazole rings is 1. The molecule has 1 aliphatic heterocycles. The monoisotopic (exact) mass is 441 g/mol. The van der Waals surface area contributed by atoms with Gasteiger partial charge in [0, 0.05) is 37.5 Å². The average Bonchev–Trinajstić information content (AvgIpc) is 3.35. The summed E-state index contributed by atoms with van der Waals surface area (Å²) in [4.78, 5) is 16.1. The number of aryl methyl sites for hydroxylation is 2. The zero-order valence-corrected chi connectivity index (χ0v) is 18.3. The summed E-state index contributed by atoms with van der Waals surface area (Å²) >= 11 is 6.41. The summed E-state index contributed by atoms with van der Waals surface area (Å²) in [5, 5.41) is 20.6. The molecule has 2 aromatic heterocycles. The molecule has 10 heteroatoms. The van der Waals surface area contributed by atoms with Crippen molar-refractivity contribution in [2.24, 2.45) is 5.92 Å². The molecule has 0 saturated carbocycles. The molecule has 0 bridgehead atoms. The summed E-state index contributed by atoms with van der Waals surface area (Å²) in [6.45, 7) is 5.41. The number of hydrogen-bond donors (Lipinski definition) is 0. The van der Waals surface area contributed by atoms with Crippen molar-refractivity contribution in [1.82, 2.24) is 35.3 Å². The highest BCUT2D eigenvalue weighted by atomic mass is 35.5. The lowest BCUT2D eigenvalue weighted by atomic mass is 9.93. The van der Waals surface area contributed by atoms with Gasteiger partial charge in [0.2, 0.25) is 17.7 Å². The summed E-state index contributed by atoms with van der Waals surface area (Å²) in [6.07, 6.45) is 5.95. The second-order valence-electron chi connectivity index (χ2n) is 7.70. The van der Waals surface area contributed by atoms with E-state index in [0.717, 1.165) is 30.4 Å². The number of amides is 1. The number of halogens is 1. The summed E-state index contributed by atoms with van der Waals surface area (Å²) < 4.78 is 5.47. The second kappa shape index (κ2) is 9.38. The van der Waals surface area contributed by atoms with E-state index in [0.29, 0.717) is 48.2 Å². The quantitative estimate of drug-likeness (QED) is 0.542. The molecule has 0 atom stereocenters. The van der Waals surface area contributed by atoms with Gasteiger partial charge in [0.15, 0.2) is 5.82 Å². The van der Waals surface area contributed by atoms with Crippen LogP contribution in [0, 0.1) is 19.8 Å². The number of rotatable bonds is 6. The van der Waals surface area contributed by atoms with E-state index >= 15 is 0 Å². The molecule has 1 saturated heterocycles. The Morgan fingerprint density at radius 2 is 2.03 bits per heavy atom. The Labute approximate surface area is 185 Å². The third kappa shape index (κ3) is 5.35. The Bertz CT molecular complexity index is 1080. The van der Waals surface area contributed by atoms with Crippen LogP contribution in [0.5, 0.6) is 0 Å². The van der Waals surface area contributed by atoms with Crippen LogP contribution < -0.4 is 0 Å². The Morgan fingerprint density at radius 1 is 1.23 bits per heavy atom. The maximum atomic E-state index is 12.7. The Balaban J connectivity index is 1.37. The minimum absolute atomic E-state index is 0.0207. The van der Waals surface area contributed by atoms with Crippen LogP contribution in [-0.4, -0.2) is 54.3 Å². The number of aromatic nitrogens is 6. The molecule has 1 amide bonds. The minimum Gasteiger partial charge on any atom is -0.426 e. The SMILES string of the molecule is Cc1nnn(Cc2cccc(Cl)c2/C=C/C(=O)N2CCC(Cc3nnc(C)o3)CC2)n1. The molecule has 1 fully saturated rings. The molecule has 1 aromatic carbocycles. The number of carbonyl (C=O) groups is 1. The molecule has 1 aliphatic rings. The third-order valence-electron chi connectivity index (χ3n) is 5.36. The van der Waals surface area contributed by atoms with Crippen LogP contribution in [0.3, 0.4) is 0 Å². The van der Waals surface area contributed by atoms with E-state index < -0.39 is 0 Å². The van der Waals surface area contributed by atoms with Gasteiger partial charge in [-0.2, -0.15) is 4.80 Å². The van der Waals surface area contributed by atoms with Crippen molar-refractivity contribution in [1.29, 1.82) is 0 Å². The topological polar surface area (TPSA) is 103 Å². The highest BCUT2D eigenvalue weighted by Crippen LogP contribution is 2.24. The van der Waals surface area contributed by atoms with Gasteiger partial charge in [0.1, 0.15) is 0 Å². The van der Waals surface area contributed by atoms with Gasteiger partial charge in [-0.3, -0.25) is 4.79 Å². The van der Waals surface area contributed by atoms with Crippen LogP contribution in [0.2, 0.25) is 5.02 Å². The van der Waals surface area contributed by atoms with Gasteiger partial charge in [0.25, 0.3) is 0 Å². The fraction of sp³-hybridized carbons (Fsp3) is 0.429. The van der Waals surface area contributed by atoms with E-state index in [2.05, 4.69) is 25.6 Å². The maximum absolute atomic E-state index is 12.7. The molecule has 4 rings (SSSR count). The van der Waals surface area contributed by atoms with E-state index in [4.69, 9.17) is 16.0 Å². The summed E-state index contributed by atoms with van der Waals surface area (Å²) in [5.74, 6) is 2.29. The van der Waals surface area contributed by atoms with Gasteiger partial charge in [-0.15, -0.1) is 20.4 Å². The number of benzene rings is 1. The van der Waals surface area contributed by atoms with Crippen molar-refractivity contribution in [2.45, 2.75) is 39.7 Å². The lowest BCUT2D eigenvalue weighted by molar-refractivity contribution is -0.127. The summed E-state index contributed by atoms with van der Waals surface area (Å²) in [7, 11) is 0. The molecule has 0 radical (unpaired) electrons. The molecule has 0 aliphatic carbocycles. The van der Waals surface area contributed by atoms with Gasteiger partial charge in [-0.05, 0) is 54.2 Å². The minimum atomic E-state index is -0.0207. The second-order valence-corrected chi connectivity index (χ2v) is 8.11. The number of carbonyl (C=O) groups excluding carboxylic acids is 1. The number of hydrogen-bond acceptors (Lipinski definition) is 7. The fourth-order valence-corrected chi connectivity index (χ4v) is 3.99. The van der Waals surface area contributed by atoms with Crippen molar-refractivity contribution in [3.05, 3.63) is 58.0 Å². The van der Waals surface area contributed by atoms with E-state index in [1.807, 2.05) is 17.0 Å². The van der Waals surface area contributed by atoms with Crippen molar-refractivity contribution >= 4 is 23.6 Å². The highest BCUT2D eigenvalue weighted by molar-refractivity contribution is 6.32. The van der Waals surface area contributed by atoms with E-state index in [1.54, 1.807) is 32.1 Å². The lowest BCUT2D eigenvalue weighted by Gasteiger charge is -2.30. The average molecular weight is 442 g/mol. The van der Waals surface area contributed by atoms with Gasteiger partial charge >= 0.3 is 0 Å². The molecular weight excluding hydrogens is 418 g/mol. The summed E-state index contributed by atoms with van der Waals surface area (Å²) in [6, 6.07) is 5.62. The first kappa shape index (κ1) is 21.2. The molecule has 162 valence electrons. The number of piperidine rings is 1. The molecule has 31 heavy (non-hydrogen) atoms. The predicted octanol–water partition coefficient (Wildman–Crippen LogP) is 2.87. The van der Waals surface area contributed by atoms with Crippen molar-refractivity contribution in [2.75, 3.05) is 13.1 Å². The predicted molar refractivity (Wildman–Crippen MR) is 114 cm³/mol. The highest BCUT2D eigenvalue weighted by Gasteiger charge is 2.23. The molecule has 9 nitrogen and oxygen atoms in total. The standard InChI is InChI=1S/C21H24ClN7O2/c1-14-23-27-29(26-14)13-17-4-3-5-19(22)18(17)6-7-21(30)28-10-8-16(9-11-28)12-20-25-24-15(2)31-20/h3-7,16H,8-13H2,1-2H3/b7-6+. The van der Waals surface area contributed by atoms with Crippen LogP contribution in [0.1, 0.15) is 41.6 Å². The Kier molecular flexibility index (Phi) is 6.41. The Morgan fingerprint density at radius 3 is 2.71 bits per heavy atom. The third-order valence-corrected chi connectivity index (χ3v) is 5.69. The molecule has 0 spiro atoms. The van der Waals surface area contributed by atoms with Crippen molar-refractivity contribution < 1.29 is 9.21 Å². The smallest absolute Gasteiger partial charge is 0.246 e. The molecule has 3 aromatic rings. The molecule has 0 unspecified atom stereocenters. The first-order chi connectivity index (χ1) is 15.0. The molecule has 0 N–H and O–H groups in total. The number of likely N-dealkylation sites (tertiary alicyclic amines) is 1. The number of nitrogens with zero attached hydrogens (tertiary/aromatic N) is 7. The van der Waals surface area contributed by atoms with Crippen LogP contribution in [0.25, 0.3) is 6.08 Å². The van der Waals surface area contributed by atoms with Crippen LogP contribution >= 0.6 is 11.6 Å². The zero-order chi connectivity index (χ0) is 21.8. The summed E-state index contributed by atoms with van der Waals surface area (Å²) in [5.41, 5.74) is 1.71. The van der Waals surface area contributed by atoms with Crippen molar-refractivity contribution in [3.8, 4) is 0 Å². The van der Waals surface area contributed by atoms with Crippen LogP contribution in [-0.2, 0) is 17.8 Å². The van der Waals surface area contributed by atoms with Gasteiger partial charge < -0.3 is 9.32 Å². The lowest BCUT2D eigenvalue weighted by Crippen LogP contribution is -2.38. The first-order valence-electron chi connectivity index (χ1n) is 10.3. The zero-order valence-electron chi connectivity index (χ0n) is 17.5. The van der Waals surface area contributed by atoms with Crippen molar-refractivity contribution in [3.63, 3.8) is 0 Å². The Hall–Kier alpha value is -3.07. The van der Waals surface area contributed by atoms with Gasteiger partial charge in [0.05, 0.1) is 6.54 Å². The van der Waals surface area contributed by atoms with Crippen LogP contribution in [0.4, 0.5) is 0 Å². The largest absolute Gasteiger partial charge is 0.426 e. The van der Waals surface area contributed by atoms with E-state index in [9.17, 15) is 4.79 Å². The first-order valence-corrected chi connectivity index (χ1v) is 10.6. The van der Waals surface area contributed by atoms with E-state index in [1.165, 1.54) is 4.80 Å². The molecule has 3 heterocycles.